The lowest BCUT2D eigenvalue weighted by atomic mass is 10.1. The topological polar surface area (TPSA) is 79.4 Å². The molecule has 1 aliphatic rings. The van der Waals surface area contributed by atoms with E-state index in [9.17, 15) is 13.2 Å². The molecule has 138 valence electrons. The second kappa shape index (κ2) is 7.55. The Morgan fingerprint density at radius 1 is 1.15 bits per heavy atom. The van der Waals surface area contributed by atoms with Gasteiger partial charge in [0.15, 0.2) is 0 Å². The minimum atomic E-state index is -3.51. The zero-order chi connectivity index (χ0) is 18.7. The molecule has 0 atom stereocenters. The SMILES string of the molecule is Cc1ccc(C)c(S(=O)(=O)N2CCC(NC(=O)c3ccccn3)CC2)c1. The van der Waals surface area contributed by atoms with Crippen LogP contribution >= 0.6 is 0 Å². The van der Waals surface area contributed by atoms with Crippen molar-refractivity contribution in [3.05, 3.63) is 59.4 Å². The number of carbonyl (C=O) groups is 1. The standard InChI is InChI=1S/C19H23N3O3S/c1-14-6-7-15(2)18(13-14)26(24,25)22-11-8-16(9-12-22)21-19(23)17-5-3-4-10-20-17/h3-7,10,13,16H,8-9,11-12H2,1-2H3,(H,21,23). The summed E-state index contributed by atoms with van der Waals surface area (Å²) in [6, 6.07) is 10.6. The number of rotatable bonds is 4. The summed E-state index contributed by atoms with van der Waals surface area (Å²) in [5.74, 6) is -0.221. The van der Waals surface area contributed by atoms with Crippen LogP contribution in [0.15, 0.2) is 47.5 Å². The van der Waals surface area contributed by atoms with Crippen molar-refractivity contribution in [2.75, 3.05) is 13.1 Å². The van der Waals surface area contributed by atoms with Gasteiger partial charge in [0.05, 0.1) is 4.90 Å². The first-order chi connectivity index (χ1) is 12.4. The first kappa shape index (κ1) is 18.5. The molecule has 7 heteroatoms. The van der Waals surface area contributed by atoms with E-state index in [1.165, 1.54) is 4.31 Å². The third kappa shape index (κ3) is 3.94. The Balaban J connectivity index is 1.65. The van der Waals surface area contributed by atoms with Crippen molar-refractivity contribution < 1.29 is 13.2 Å². The number of amides is 1. The van der Waals surface area contributed by atoms with Crippen LogP contribution in [0.25, 0.3) is 0 Å². The van der Waals surface area contributed by atoms with Crippen molar-refractivity contribution in [2.45, 2.75) is 37.6 Å². The summed E-state index contributed by atoms with van der Waals surface area (Å²) in [5, 5.41) is 2.94. The van der Waals surface area contributed by atoms with Crippen LogP contribution in [0.3, 0.4) is 0 Å². The van der Waals surface area contributed by atoms with Crippen LogP contribution in [-0.4, -0.2) is 42.7 Å². The third-order valence-corrected chi connectivity index (χ3v) is 6.69. The van der Waals surface area contributed by atoms with Crippen molar-refractivity contribution in [3.8, 4) is 0 Å². The molecule has 1 aromatic heterocycles. The Morgan fingerprint density at radius 2 is 1.88 bits per heavy atom. The molecule has 0 saturated carbocycles. The van der Waals surface area contributed by atoms with Gasteiger partial charge in [-0.15, -0.1) is 0 Å². The van der Waals surface area contributed by atoms with E-state index in [-0.39, 0.29) is 11.9 Å². The maximum atomic E-state index is 12.9. The average Bonchev–Trinajstić information content (AvgIpc) is 2.65. The van der Waals surface area contributed by atoms with Crippen molar-refractivity contribution in [1.29, 1.82) is 0 Å². The van der Waals surface area contributed by atoms with E-state index in [0.717, 1.165) is 11.1 Å². The monoisotopic (exact) mass is 373 g/mol. The van der Waals surface area contributed by atoms with Crippen molar-refractivity contribution >= 4 is 15.9 Å². The average molecular weight is 373 g/mol. The number of nitrogens with one attached hydrogen (secondary N) is 1. The van der Waals surface area contributed by atoms with E-state index in [0.29, 0.717) is 36.5 Å². The highest BCUT2D eigenvalue weighted by Crippen LogP contribution is 2.24. The van der Waals surface area contributed by atoms with Gasteiger partial charge in [0.1, 0.15) is 5.69 Å². The normalized spacial score (nSPS) is 16.4. The molecule has 6 nitrogen and oxygen atoms in total. The van der Waals surface area contributed by atoms with Crippen molar-refractivity contribution in [3.63, 3.8) is 0 Å². The number of benzene rings is 1. The predicted octanol–water partition coefficient (Wildman–Crippen LogP) is 2.28. The van der Waals surface area contributed by atoms with Gasteiger partial charge in [-0.3, -0.25) is 9.78 Å². The molecular weight excluding hydrogens is 350 g/mol. The summed E-state index contributed by atoms with van der Waals surface area (Å²) in [7, 11) is -3.51. The van der Waals surface area contributed by atoms with Crippen LogP contribution < -0.4 is 5.32 Å². The third-order valence-electron chi connectivity index (χ3n) is 4.65. The summed E-state index contributed by atoms with van der Waals surface area (Å²) in [5.41, 5.74) is 2.05. The molecule has 0 bridgehead atoms. The Kier molecular flexibility index (Phi) is 5.38. The van der Waals surface area contributed by atoms with Crippen LogP contribution in [0.1, 0.15) is 34.5 Å². The van der Waals surface area contributed by atoms with Gasteiger partial charge in [0, 0.05) is 25.3 Å². The van der Waals surface area contributed by atoms with Gasteiger partial charge in [0.25, 0.3) is 5.91 Å². The highest BCUT2D eigenvalue weighted by molar-refractivity contribution is 7.89. The number of nitrogens with zero attached hydrogens (tertiary/aromatic N) is 2. The van der Waals surface area contributed by atoms with Gasteiger partial charge >= 0.3 is 0 Å². The molecule has 1 aromatic carbocycles. The molecular formula is C19H23N3O3S. The summed E-state index contributed by atoms with van der Waals surface area (Å²) in [6.07, 6.45) is 2.75. The molecule has 0 spiro atoms. The fourth-order valence-corrected chi connectivity index (χ4v) is 4.90. The molecule has 1 aliphatic heterocycles. The summed E-state index contributed by atoms with van der Waals surface area (Å²) in [6.45, 7) is 4.48. The lowest BCUT2D eigenvalue weighted by molar-refractivity contribution is 0.0919. The lowest BCUT2D eigenvalue weighted by Gasteiger charge is -2.32. The molecule has 1 N–H and O–H groups in total. The molecule has 26 heavy (non-hydrogen) atoms. The molecule has 2 heterocycles. The van der Waals surface area contributed by atoms with E-state index in [1.54, 1.807) is 30.5 Å². The van der Waals surface area contributed by atoms with Gasteiger partial charge in [-0.25, -0.2) is 8.42 Å². The Bertz CT molecular complexity index is 890. The number of carbonyl (C=O) groups excluding carboxylic acids is 1. The predicted molar refractivity (Wildman–Crippen MR) is 99.4 cm³/mol. The Hall–Kier alpha value is -2.25. The van der Waals surface area contributed by atoms with Crippen LogP contribution in [0.2, 0.25) is 0 Å². The summed E-state index contributed by atoms with van der Waals surface area (Å²) in [4.78, 5) is 16.6. The number of hydrogen-bond donors (Lipinski definition) is 1. The Labute approximate surface area is 154 Å². The van der Waals surface area contributed by atoms with Crippen LogP contribution in [-0.2, 0) is 10.0 Å². The molecule has 2 aromatic rings. The first-order valence-corrected chi connectivity index (χ1v) is 10.1. The van der Waals surface area contributed by atoms with Crippen molar-refractivity contribution in [2.24, 2.45) is 0 Å². The zero-order valence-corrected chi connectivity index (χ0v) is 15.8. The van der Waals surface area contributed by atoms with E-state index in [4.69, 9.17) is 0 Å². The van der Waals surface area contributed by atoms with Gasteiger partial charge in [0.2, 0.25) is 10.0 Å². The molecule has 0 radical (unpaired) electrons. The molecule has 3 rings (SSSR count). The molecule has 0 aliphatic carbocycles. The van der Waals surface area contributed by atoms with Gasteiger partial charge in [-0.05, 0) is 56.0 Å². The lowest BCUT2D eigenvalue weighted by Crippen LogP contribution is -2.46. The number of aromatic nitrogens is 1. The molecule has 0 unspecified atom stereocenters. The molecule has 1 saturated heterocycles. The van der Waals surface area contributed by atoms with E-state index < -0.39 is 10.0 Å². The Morgan fingerprint density at radius 3 is 2.54 bits per heavy atom. The first-order valence-electron chi connectivity index (χ1n) is 8.67. The second-order valence-electron chi connectivity index (χ2n) is 6.64. The van der Waals surface area contributed by atoms with Crippen molar-refractivity contribution in [1.82, 2.24) is 14.6 Å². The van der Waals surface area contributed by atoms with Crippen LogP contribution in [0.4, 0.5) is 0 Å². The molecule has 1 amide bonds. The van der Waals surface area contributed by atoms with Gasteiger partial charge < -0.3 is 5.32 Å². The minimum absolute atomic E-state index is 0.0467. The zero-order valence-electron chi connectivity index (χ0n) is 15.0. The number of piperidine rings is 1. The maximum Gasteiger partial charge on any atom is 0.270 e. The maximum absolute atomic E-state index is 12.9. The van der Waals surface area contributed by atoms with Gasteiger partial charge in [-0.2, -0.15) is 4.31 Å². The number of pyridine rings is 1. The van der Waals surface area contributed by atoms with E-state index >= 15 is 0 Å². The van der Waals surface area contributed by atoms with Gasteiger partial charge in [-0.1, -0.05) is 18.2 Å². The second-order valence-corrected chi connectivity index (χ2v) is 8.54. The largest absolute Gasteiger partial charge is 0.348 e. The van der Waals surface area contributed by atoms with E-state index in [2.05, 4.69) is 10.3 Å². The number of aryl methyl sites for hydroxylation is 2. The van der Waals surface area contributed by atoms with Crippen LogP contribution in [0, 0.1) is 13.8 Å². The molecule has 1 fully saturated rings. The highest BCUT2D eigenvalue weighted by atomic mass is 32.2. The van der Waals surface area contributed by atoms with Crippen LogP contribution in [0.5, 0.6) is 0 Å². The highest BCUT2D eigenvalue weighted by Gasteiger charge is 2.31. The number of sulfonamides is 1. The fourth-order valence-electron chi connectivity index (χ4n) is 3.12. The smallest absolute Gasteiger partial charge is 0.270 e. The minimum Gasteiger partial charge on any atom is -0.348 e. The number of hydrogen-bond acceptors (Lipinski definition) is 4. The fraction of sp³-hybridized carbons (Fsp3) is 0.368. The summed E-state index contributed by atoms with van der Waals surface area (Å²) >= 11 is 0. The summed E-state index contributed by atoms with van der Waals surface area (Å²) < 4.78 is 27.4. The quantitative estimate of drug-likeness (QED) is 0.892. The van der Waals surface area contributed by atoms with E-state index in [1.807, 2.05) is 26.0 Å².